The van der Waals surface area contributed by atoms with Crippen molar-refractivity contribution in [2.24, 2.45) is 0 Å². The zero-order chi connectivity index (χ0) is 19.8. The van der Waals surface area contributed by atoms with Crippen LogP contribution >= 0.6 is 0 Å². The highest BCUT2D eigenvalue weighted by atomic mass is 19.1. The van der Waals surface area contributed by atoms with E-state index in [0.717, 1.165) is 24.4 Å². The zero-order valence-electron chi connectivity index (χ0n) is 14.8. The number of fused-ring (bicyclic) bond motifs is 1. The smallest absolute Gasteiger partial charge is 0.276 e. The summed E-state index contributed by atoms with van der Waals surface area (Å²) in [5.41, 5.74) is 0.591. The third kappa shape index (κ3) is 3.30. The minimum absolute atomic E-state index is 0.0208. The molecule has 4 rings (SSSR count). The number of pyridine rings is 1. The molecule has 0 radical (unpaired) electrons. The summed E-state index contributed by atoms with van der Waals surface area (Å²) in [6, 6.07) is 6.86. The van der Waals surface area contributed by atoms with E-state index in [9.17, 15) is 18.0 Å². The van der Waals surface area contributed by atoms with Gasteiger partial charge in [-0.15, -0.1) is 0 Å². The van der Waals surface area contributed by atoms with E-state index >= 15 is 0 Å². The molecule has 0 spiro atoms. The van der Waals surface area contributed by atoms with Crippen molar-refractivity contribution in [3.8, 4) is 5.88 Å². The molecule has 1 aromatic carbocycles. The molecule has 144 valence electrons. The summed E-state index contributed by atoms with van der Waals surface area (Å²) in [5, 5.41) is 4.36. The van der Waals surface area contributed by atoms with Gasteiger partial charge in [0.1, 0.15) is 35.4 Å². The van der Waals surface area contributed by atoms with Gasteiger partial charge in [0.2, 0.25) is 5.88 Å². The number of hydrogen-bond acceptors (Lipinski definition) is 4. The first-order valence-electron chi connectivity index (χ1n) is 8.52. The molecule has 0 saturated carbocycles. The maximum Gasteiger partial charge on any atom is 0.276 e. The van der Waals surface area contributed by atoms with Crippen LogP contribution in [0.2, 0.25) is 0 Å². The van der Waals surface area contributed by atoms with Gasteiger partial charge in [-0.2, -0.15) is 5.10 Å². The van der Waals surface area contributed by atoms with Gasteiger partial charge in [-0.25, -0.2) is 18.2 Å². The van der Waals surface area contributed by atoms with E-state index in [1.54, 1.807) is 0 Å². The molecule has 3 aromatic rings. The third-order valence-corrected chi connectivity index (χ3v) is 4.38. The van der Waals surface area contributed by atoms with Crippen molar-refractivity contribution in [1.82, 2.24) is 14.8 Å². The summed E-state index contributed by atoms with van der Waals surface area (Å²) in [4.78, 5) is 17.8. The Kier molecular flexibility index (Phi) is 4.50. The van der Waals surface area contributed by atoms with Gasteiger partial charge in [0.05, 0.1) is 17.9 Å². The summed E-state index contributed by atoms with van der Waals surface area (Å²) < 4.78 is 47.6. The fraction of sp³-hybridized carbons (Fsp3) is 0.211. The van der Waals surface area contributed by atoms with Crippen molar-refractivity contribution >= 4 is 11.6 Å². The highest BCUT2D eigenvalue weighted by Gasteiger charge is 2.33. The summed E-state index contributed by atoms with van der Waals surface area (Å²) in [6.07, 6.45) is 1.03. The topological polar surface area (TPSA) is 60.3 Å². The van der Waals surface area contributed by atoms with E-state index in [1.165, 1.54) is 27.8 Å². The first-order chi connectivity index (χ1) is 13.4. The maximum atomic E-state index is 14.1. The van der Waals surface area contributed by atoms with Crippen molar-refractivity contribution in [3.63, 3.8) is 0 Å². The second-order valence-electron chi connectivity index (χ2n) is 6.43. The molecule has 6 nitrogen and oxygen atoms in total. The van der Waals surface area contributed by atoms with Crippen LogP contribution in [-0.2, 0) is 6.61 Å². The fourth-order valence-electron chi connectivity index (χ4n) is 3.07. The molecule has 0 fully saturated rings. The molecule has 28 heavy (non-hydrogen) atoms. The number of ether oxygens (including phenoxy) is 1. The quantitative estimate of drug-likeness (QED) is 0.687. The number of nitrogens with zero attached hydrogens (tertiary/aromatic N) is 4. The maximum absolute atomic E-state index is 14.1. The van der Waals surface area contributed by atoms with Crippen molar-refractivity contribution < 1.29 is 22.7 Å². The molecular weight excluding hydrogens is 373 g/mol. The Hall–Kier alpha value is -3.36. The van der Waals surface area contributed by atoms with Crippen LogP contribution in [0.1, 0.15) is 29.1 Å². The number of benzene rings is 1. The summed E-state index contributed by atoms with van der Waals surface area (Å²) in [6.45, 7) is 1.99. The Morgan fingerprint density at radius 3 is 2.68 bits per heavy atom. The Bertz CT molecular complexity index is 1040. The molecule has 1 aliphatic heterocycles. The number of halogens is 3. The van der Waals surface area contributed by atoms with Gasteiger partial charge < -0.3 is 9.64 Å². The van der Waals surface area contributed by atoms with Crippen LogP contribution in [0, 0.1) is 17.5 Å². The second-order valence-corrected chi connectivity index (χ2v) is 6.43. The number of anilines is 1. The number of carbonyl (C=O) groups is 1. The summed E-state index contributed by atoms with van der Waals surface area (Å²) >= 11 is 0. The minimum Gasteiger partial charge on any atom is -0.471 e. The van der Waals surface area contributed by atoms with E-state index < -0.39 is 23.4 Å². The molecule has 0 unspecified atom stereocenters. The molecule has 2 aromatic heterocycles. The normalized spacial score (nSPS) is 16.2. The van der Waals surface area contributed by atoms with Gasteiger partial charge in [0, 0.05) is 18.7 Å². The highest BCUT2D eigenvalue weighted by molar-refractivity contribution is 6.06. The number of carbonyl (C=O) groups excluding carboxylic acids is 1. The van der Waals surface area contributed by atoms with E-state index in [1.807, 2.05) is 6.92 Å². The van der Waals surface area contributed by atoms with Crippen molar-refractivity contribution in [2.75, 3.05) is 11.4 Å². The lowest BCUT2D eigenvalue weighted by molar-refractivity contribution is 0.0952. The summed E-state index contributed by atoms with van der Waals surface area (Å²) in [7, 11) is 0. The first kappa shape index (κ1) is 18.0. The van der Waals surface area contributed by atoms with Gasteiger partial charge in [-0.05, 0) is 31.2 Å². The molecule has 0 bridgehead atoms. The number of rotatable bonds is 4. The highest BCUT2D eigenvalue weighted by Crippen LogP contribution is 2.29. The largest absolute Gasteiger partial charge is 0.471 e. The van der Waals surface area contributed by atoms with Gasteiger partial charge >= 0.3 is 0 Å². The average Bonchev–Trinajstić information content (AvgIpc) is 3.12. The van der Waals surface area contributed by atoms with E-state index in [-0.39, 0.29) is 36.5 Å². The standard InChI is InChI=1S/C19H15F3N4O2/c1-11-9-25(16-6-12(20)2-4-15(16)22)19(27)17-7-14(24-26(11)17)10-28-18-5-3-13(21)8-23-18/h2-8,11H,9-10H2,1H3/t11-/m1/s1. The molecule has 0 saturated heterocycles. The molecule has 9 heteroatoms. The van der Waals surface area contributed by atoms with Crippen LogP contribution in [-0.4, -0.2) is 27.2 Å². The average molecular weight is 388 g/mol. The first-order valence-corrected chi connectivity index (χ1v) is 8.52. The van der Waals surface area contributed by atoms with Gasteiger partial charge in [-0.3, -0.25) is 9.48 Å². The SMILES string of the molecule is C[C@@H]1CN(c2cc(F)ccc2F)C(=O)c2cc(COc3ccc(F)cn3)nn21. The Labute approximate surface area is 158 Å². The van der Waals surface area contributed by atoms with Crippen LogP contribution in [0.5, 0.6) is 5.88 Å². The molecule has 1 amide bonds. The molecular formula is C19H15F3N4O2. The second kappa shape index (κ2) is 6.99. The monoisotopic (exact) mass is 388 g/mol. The molecule has 1 aliphatic rings. The lowest BCUT2D eigenvalue weighted by Crippen LogP contribution is -2.43. The predicted molar refractivity (Wildman–Crippen MR) is 93.5 cm³/mol. The van der Waals surface area contributed by atoms with E-state index in [0.29, 0.717) is 5.69 Å². The van der Waals surface area contributed by atoms with Crippen molar-refractivity contribution in [2.45, 2.75) is 19.6 Å². The van der Waals surface area contributed by atoms with Crippen LogP contribution < -0.4 is 9.64 Å². The fourth-order valence-corrected chi connectivity index (χ4v) is 3.07. The Morgan fingerprint density at radius 2 is 1.93 bits per heavy atom. The van der Waals surface area contributed by atoms with Crippen molar-refractivity contribution in [3.05, 3.63) is 71.4 Å². The van der Waals surface area contributed by atoms with Gasteiger partial charge in [0.15, 0.2) is 0 Å². The Morgan fingerprint density at radius 1 is 1.14 bits per heavy atom. The number of hydrogen-bond donors (Lipinski definition) is 0. The number of aromatic nitrogens is 3. The van der Waals surface area contributed by atoms with Gasteiger partial charge in [0.25, 0.3) is 5.91 Å². The summed E-state index contributed by atoms with van der Waals surface area (Å²) in [5.74, 6) is -2.05. The van der Waals surface area contributed by atoms with Crippen molar-refractivity contribution in [1.29, 1.82) is 0 Å². The predicted octanol–water partition coefficient (Wildman–Crippen LogP) is 3.50. The molecule has 3 heterocycles. The Balaban J connectivity index is 1.58. The van der Waals surface area contributed by atoms with Gasteiger partial charge in [-0.1, -0.05) is 0 Å². The van der Waals surface area contributed by atoms with Crippen LogP contribution in [0.3, 0.4) is 0 Å². The lowest BCUT2D eigenvalue weighted by Gasteiger charge is -2.31. The molecule has 0 aliphatic carbocycles. The van der Waals surface area contributed by atoms with Crippen LogP contribution in [0.15, 0.2) is 42.6 Å². The van der Waals surface area contributed by atoms with E-state index in [4.69, 9.17) is 4.74 Å². The van der Waals surface area contributed by atoms with E-state index in [2.05, 4.69) is 10.1 Å². The zero-order valence-corrected chi connectivity index (χ0v) is 14.8. The third-order valence-electron chi connectivity index (χ3n) is 4.38. The molecule has 0 N–H and O–H groups in total. The van der Waals surface area contributed by atoms with Crippen LogP contribution in [0.4, 0.5) is 18.9 Å². The minimum atomic E-state index is -0.680. The van der Waals surface area contributed by atoms with Crippen LogP contribution in [0.25, 0.3) is 0 Å². The lowest BCUT2D eigenvalue weighted by atomic mass is 10.1. The number of amides is 1. The molecule has 1 atom stereocenters.